The minimum Gasteiger partial charge on any atom is -0.457 e. The van der Waals surface area contributed by atoms with Crippen LogP contribution in [0.5, 0.6) is 11.5 Å². The molecule has 1 atom stereocenters. The topological polar surface area (TPSA) is 35.2 Å². The number of ether oxygens (including phenoxy) is 1. The summed E-state index contributed by atoms with van der Waals surface area (Å²) in [5, 5.41) is 0. The van der Waals surface area contributed by atoms with E-state index in [-0.39, 0.29) is 17.7 Å². The van der Waals surface area contributed by atoms with Crippen LogP contribution in [0.4, 0.5) is 8.78 Å². The molecular weight excluding hydrogens is 248 g/mol. The Morgan fingerprint density at radius 1 is 1.00 bits per heavy atom. The van der Waals surface area contributed by atoms with Crippen LogP contribution in [0.25, 0.3) is 0 Å². The first-order valence-corrected chi connectivity index (χ1v) is 5.96. The molecule has 0 aliphatic rings. The zero-order valence-electron chi connectivity index (χ0n) is 10.8. The number of hydrogen-bond acceptors (Lipinski definition) is 2. The summed E-state index contributed by atoms with van der Waals surface area (Å²) in [4.78, 5) is 0. The molecular formula is C15H15F2NO. The van der Waals surface area contributed by atoms with Crippen LogP contribution in [-0.2, 0) is 0 Å². The Morgan fingerprint density at radius 2 is 1.58 bits per heavy atom. The molecule has 1 unspecified atom stereocenters. The lowest BCUT2D eigenvalue weighted by atomic mass is 10.1. The maximum atomic E-state index is 13.2. The van der Waals surface area contributed by atoms with E-state index in [1.807, 2.05) is 0 Å². The minimum atomic E-state index is -0.365. The summed E-state index contributed by atoms with van der Waals surface area (Å²) < 4.78 is 31.9. The van der Waals surface area contributed by atoms with Crippen molar-refractivity contribution in [2.75, 3.05) is 0 Å². The van der Waals surface area contributed by atoms with Crippen LogP contribution in [0, 0.1) is 18.6 Å². The van der Waals surface area contributed by atoms with Crippen molar-refractivity contribution in [2.45, 2.75) is 19.9 Å². The van der Waals surface area contributed by atoms with Crippen molar-refractivity contribution in [3.63, 3.8) is 0 Å². The van der Waals surface area contributed by atoms with Gasteiger partial charge in [-0.15, -0.1) is 0 Å². The van der Waals surface area contributed by atoms with Crippen LogP contribution < -0.4 is 10.5 Å². The van der Waals surface area contributed by atoms with Crippen LogP contribution in [-0.4, -0.2) is 0 Å². The van der Waals surface area contributed by atoms with Gasteiger partial charge >= 0.3 is 0 Å². The Balaban J connectivity index is 2.38. The Hall–Kier alpha value is -1.94. The van der Waals surface area contributed by atoms with Crippen LogP contribution in [0.1, 0.15) is 24.1 Å². The minimum absolute atomic E-state index is 0.323. The van der Waals surface area contributed by atoms with Crippen molar-refractivity contribution >= 4 is 0 Å². The van der Waals surface area contributed by atoms with Crippen LogP contribution in [0.3, 0.4) is 0 Å². The summed E-state index contributed by atoms with van der Waals surface area (Å²) in [6.45, 7) is 3.49. The van der Waals surface area contributed by atoms with Crippen LogP contribution >= 0.6 is 0 Å². The molecule has 0 saturated heterocycles. The van der Waals surface area contributed by atoms with Gasteiger partial charge in [0.1, 0.15) is 23.1 Å². The van der Waals surface area contributed by atoms with E-state index in [1.54, 1.807) is 19.9 Å². The number of benzene rings is 2. The second-order valence-electron chi connectivity index (χ2n) is 4.48. The highest BCUT2D eigenvalue weighted by Crippen LogP contribution is 2.31. The molecule has 19 heavy (non-hydrogen) atoms. The molecule has 2 rings (SSSR count). The monoisotopic (exact) mass is 263 g/mol. The molecule has 0 fully saturated rings. The van der Waals surface area contributed by atoms with E-state index in [0.29, 0.717) is 22.6 Å². The summed E-state index contributed by atoms with van der Waals surface area (Å²) in [6, 6.07) is 8.06. The number of aryl methyl sites for hydroxylation is 1. The predicted octanol–water partition coefficient (Wildman–Crippen LogP) is 4.09. The quantitative estimate of drug-likeness (QED) is 0.905. The Kier molecular flexibility index (Phi) is 3.81. The van der Waals surface area contributed by atoms with Gasteiger partial charge in [0.05, 0.1) is 0 Å². The molecule has 100 valence electrons. The van der Waals surface area contributed by atoms with E-state index in [4.69, 9.17) is 10.5 Å². The molecule has 0 saturated carbocycles. The summed E-state index contributed by atoms with van der Waals surface area (Å²) in [5.74, 6) is 0.313. The first kappa shape index (κ1) is 13.5. The molecule has 2 N–H and O–H groups in total. The van der Waals surface area contributed by atoms with Crippen molar-refractivity contribution in [1.82, 2.24) is 0 Å². The van der Waals surface area contributed by atoms with Crippen molar-refractivity contribution in [3.05, 3.63) is 59.2 Å². The van der Waals surface area contributed by atoms with Crippen molar-refractivity contribution in [1.29, 1.82) is 0 Å². The lowest BCUT2D eigenvalue weighted by molar-refractivity contribution is 0.464. The molecule has 2 nitrogen and oxygen atoms in total. The highest BCUT2D eigenvalue weighted by atomic mass is 19.1. The maximum absolute atomic E-state index is 13.2. The Morgan fingerprint density at radius 3 is 2.16 bits per heavy atom. The van der Waals surface area contributed by atoms with Gasteiger partial charge in [-0.1, -0.05) is 0 Å². The molecule has 0 amide bonds. The molecule has 0 aliphatic heterocycles. The van der Waals surface area contributed by atoms with E-state index in [1.165, 1.54) is 30.3 Å². The molecule has 0 aliphatic carbocycles. The molecule has 4 heteroatoms. The standard InChI is InChI=1S/C15H15F2NO/c1-9-7-11(16)3-5-14(9)19-15-6-4-12(17)8-13(15)10(2)18/h3-8,10H,18H2,1-2H3. The third kappa shape index (κ3) is 3.09. The highest BCUT2D eigenvalue weighted by molar-refractivity contribution is 5.42. The average Bonchev–Trinajstić information content (AvgIpc) is 2.34. The van der Waals surface area contributed by atoms with Crippen molar-refractivity contribution in [3.8, 4) is 11.5 Å². The van der Waals surface area contributed by atoms with Gasteiger partial charge in [-0.05, 0) is 55.8 Å². The van der Waals surface area contributed by atoms with Crippen LogP contribution in [0.2, 0.25) is 0 Å². The molecule has 0 heterocycles. The van der Waals surface area contributed by atoms with Gasteiger partial charge in [0, 0.05) is 11.6 Å². The molecule has 2 aromatic carbocycles. The van der Waals surface area contributed by atoms with E-state index < -0.39 is 0 Å². The second-order valence-corrected chi connectivity index (χ2v) is 4.48. The molecule has 2 aromatic rings. The number of halogens is 2. The lowest BCUT2D eigenvalue weighted by Crippen LogP contribution is -2.07. The number of hydrogen-bond donors (Lipinski definition) is 1. The summed E-state index contributed by atoms with van der Waals surface area (Å²) in [7, 11) is 0. The largest absolute Gasteiger partial charge is 0.457 e. The predicted molar refractivity (Wildman–Crippen MR) is 70.2 cm³/mol. The molecule has 0 radical (unpaired) electrons. The lowest BCUT2D eigenvalue weighted by Gasteiger charge is -2.15. The second kappa shape index (κ2) is 5.36. The van der Waals surface area contributed by atoms with Crippen molar-refractivity contribution < 1.29 is 13.5 Å². The zero-order chi connectivity index (χ0) is 14.0. The van der Waals surface area contributed by atoms with E-state index in [0.717, 1.165) is 0 Å². The fraction of sp³-hybridized carbons (Fsp3) is 0.200. The third-order valence-electron chi connectivity index (χ3n) is 2.82. The van der Waals surface area contributed by atoms with Gasteiger partial charge < -0.3 is 10.5 Å². The highest BCUT2D eigenvalue weighted by Gasteiger charge is 2.11. The normalized spacial score (nSPS) is 12.3. The SMILES string of the molecule is Cc1cc(F)ccc1Oc1ccc(F)cc1C(C)N. The first-order chi connectivity index (χ1) is 8.97. The van der Waals surface area contributed by atoms with Gasteiger partial charge in [0.15, 0.2) is 0 Å². The molecule has 0 spiro atoms. The van der Waals surface area contributed by atoms with Crippen LogP contribution in [0.15, 0.2) is 36.4 Å². The van der Waals surface area contributed by atoms with Gasteiger partial charge in [-0.2, -0.15) is 0 Å². The van der Waals surface area contributed by atoms with Gasteiger partial charge in [0.2, 0.25) is 0 Å². The smallest absolute Gasteiger partial charge is 0.132 e. The summed E-state index contributed by atoms with van der Waals surface area (Å²) >= 11 is 0. The number of nitrogens with two attached hydrogens (primary N) is 1. The average molecular weight is 263 g/mol. The molecule has 0 aromatic heterocycles. The third-order valence-corrected chi connectivity index (χ3v) is 2.82. The van der Waals surface area contributed by atoms with Gasteiger partial charge in [-0.3, -0.25) is 0 Å². The fourth-order valence-electron chi connectivity index (χ4n) is 1.81. The number of rotatable bonds is 3. The van der Waals surface area contributed by atoms with Gasteiger partial charge in [-0.25, -0.2) is 8.78 Å². The van der Waals surface area contributed by atoms with Crippen molar-refractivity contribution in [2.24, 2.45) is 5.73 Å². The summed E-state index contributed by atoms with van der Waals surface area (Å²) in [5.41, 5.74) is 7.03. The Bertz CT molecular complexity index is 597. The summed E-state index contributed by atoms with van der Waals surface area (Å²) in [6.07, 6.45) is 0. The van der Waals surface area contributed by atoms with Gasteiger partial charge in [0.25, 0.3) is 0 Å². The Labute approximate surface area is 110 Å². The van der Waals surface area contributed by atoms with E-state index in [2.05, 4.69) is 0 Å². The molecule has 0 bridgehead atoms. The fourth-order valence-corrected chi connectivity index (χ4v) is 1.81. The maximum Gasteiger partial charge on any atom is 0.132 e. The van der Waals surface area contributed by atoms with E-state index in [9.17, 15) is 8.78 Å². The first-order valence-electron chi connectivity index (χ1n) is 5.96. The zero-order valence-corrected chi connectivity index (χ0v) is 10.8. The van der Waals surface area contributed by atoms with E-state index >= 15 is 0 Å².